The number of anilines is 1. The van der Waals surface area contributed by atoms with Gasteiger partial charge in [-0.15, -0.1) is 10.2 Å². The Morgan fingerprint density at radius 2 is 2.05 bits per heavy atom. The van der Waals surface area contributed by atoms with Crippen molar-refractivity contribution in [1.29, 1.82) is 0 Å². The highest BCUT2D eigenvalue weighted by Crippen LogP contribution is 2.38. The number of hydrogen-bond donors (Lipinski definition) is 0. The Morgan fingerprint density at radius 1 is 1.33 bits per heavy atom. The average molecular weight is 302 g/mol. The number of aromatic nitrogens is 3. The third-order valence-electron chi connectivity index (χ3n) is 3.59. The molecule has 1 aromatic heterocycles. The Labute approximate surface area is 128 Å². The van der Waals surface area contributed by atoms with Crippen molar-refractivity contribution < 1.29 is 4.79 Å². The van der Waals surface area contributed by atoms with Crippen LogP contribution < -0.4 is 4.90 Å². The lowest BCUT2D eigenvalue weighted by atomic mass is 10.3. The van der Waals surface area contributed by atoms with Gasteiger partial charge in [0.2, 0.25) is 5.91 Å². The molecule has 110 valence electrons. The summed E-state index contributed by atoms with van der Waals surface area (Å²) in [6, 6.07) is 10.2. The summed E-state index contributed by atoms with van der Waals surface area (Å²) < 4.78 is 2.15. The van der Waals surface area contributed by atoms with E-state index in [4.69, 9.17) is 0 Å². The predicted molar refractivity (Wildman–Crippen MR) is 83.6 cm³/mol. The first-order valence-electron chi connectivity index (χ1n) is 7.02. The second kappa shape index (κ2) is 5.89. The molecule has 0 aliphatic heterocycles. The van der Waals surface area contributed by atoms with Gasteiger partial charge in [0.25, 0.3) is 0 Å². The maximum atomic E-state index is 12.3. The van der Waals surface area contributed by atoms with Crippen LogP contribution in [-0.2, 0) is 4.79 Å². The molecule has 1 fully saturated rings. The topological polar surface area (TPSA) is 51.0 Å². The zero-order valence-electron chi connectivity index (χ0n) is 12.2. The van der Waals surface area contributed by atoms with Gasteiger partial charge in [-0.25, -0.2) is 0 Å². The maximum Gasteiger partial charge on any atom is 0.237 e. The highest BCUT2D eigenvalue weighted by atomic mass is 32.2. The smallest absolute Gasteiger partial charge is 0.237 e. The molecule has 0 saturated heterocycles. The molecule has 1 amide bonds. The van der Waals surface area contributed by atoms with Gasteiger partial charge in [0, 0.05) is 18.8 Å². The van der Waals surface area contributed by atoms with Crippen LogP contribution in [0.2, 0.25) is 0 Å². The molecule has 6 heteroatoms. The quantitative estimate of drug-likeness (QED) is 0.797. The van der Waals surface area contributed by atoms with Crippen molar-refractivity contribution >= 4 is 23.4 Å². The second-order valence-corrected chi connectivity index (χ2v) is 6.15. The van der Waals surface area contributed by atoms with E-state index in [9.17, 15) is 4.79 Å². The maximum absolute atomic E-state index is 12.3. The summed E-state index contributed by atoms with van der Waals surface area (Å²) in [5, 5.41) is 9.16. The lowest BCUT2D eigenvalue weighted by Crippen LogP contribution is -2.27. The SMILES string of the molecule is Cc1nnc(SCC(=O)N(C)c2ccccc2)n1C1CC1. The van der Waals surface area contributed by atoms with Crippen LogP contribution in [-0.4, -0.2) is 33.5 Å². The Morgan fingerprint density at radius 3 is 2.71 bits per heavy atom. The van der Waals surface area contributed by atoms with Gasteiger partial charge in [0.1, 0.15) is 5.82 Å². The molecule has 0 unspecified atom stereocenters. The van der Waals surface area contributed by atoms with Gasteiger partial charge < -0.3 is 9.47 Å². The van der Waals surface area contributed by atoms with Crippen molar-refractivity contribution in [3.05, 3.63) is 36.2 Å². The third kappa shape index (κ3) is 3.10. The number of para-hydroxylation sites is 1. The van der Waals surface area contributed by atoms with Crippen molar-refractivity contribution in [2.24, 2.45) is 0 Å². The summed E-state index contributed by atoms with van der Waals surface area (Å²) >= 11 is 1.47. The van der Waals surface area contributed by atoms with E-state index in [-0.39, 0.29) is 5.91 Å². The summed E-state index contributed by atoms with van der Waals surface area (Å²) in [4.78, 5) is 13.9. The Balaban J connectivity index is 1.64. The lowest BCUT2D eigenvalue weighted by molar-refractivity contribution is -0.115. The van der Waals surface area contributed by atoms with Crippen LogP contribution in [0.1, 0.15) is 24.7 Å². The number of aryl methyl sites for hydroxylation is 1. The molecule has 0 bridgehead atoms. The average Bonchev–Trinajstić information content (AvgIpc) is 3.28. The lowest BCUT2D eigenvalue weighted by Gasteiger charge is -2.16. The molecule has 0 radical (unpaired) electrons. The van der Waals surface area contributed by atoms with Crippen LogP contribution in [0.5, 0.6) is 0 Å². The number of nitrogens with zero attached hydrogens (tertiary/aromatic N) is 4. The van der Waals surface area contributed by atoms with E-state index >= 15 is 0 Å². The van der Waals surface area contributed by atoms with Gasteiger partial charge in [0.15, 0.2) is 5.16 Å². The summed E-state index contributed by atoms with van der Waals surface area (Å²) in [6.07, 6.45) is 2.37. The predicted octanol–water partition coefficient (Wildman–Crippen LogP) is 2.68. The highest BCUT2D eigenvalue weighted by Gasteiger charge is 2.28. The van der Waals surface area contributed by atoms with Gasteiger partial charge in [-0.2, -0.15) is 0 Å². The molecule has 3 rings (SSSR count). The van der Waals surface area contributed by atoms with E-state index in [0.29, 0.717) is 11.8 Å². The largest absolute Gasteiger partial charge is 0.315 e. The standard InChI is InChI=1S/C15H18N4OS/c1-11-16-17-15(19(11)13-8-9-13)21-10-14(20)18(2)12-6-4-3-5-7-12/h3-7,13H,8-10H2,1-2H3. The molecule has 1 heterocycles. The van der Waals surface area contributed by atoms with Gasteiger partial charge in [0.05, 0.1) is 5.75 Å². The van der Waals surface area contributed by atoms with Crippen LogP contribution in [0.4, 0.5) is 5.69 Å². The van der Waals surface area contributed by atoms with Crippen molar-refractivity contribution in [3.63, 3.8) is 0 Å². The first kappa shape index (κ1) is 14.1. The fraction of sp³-hybridized carbons (Fsp3) is 0.400. The second-order valence-electron chi connectivity index (χ2n) is 5.21. The number of benzene rings is 1. The summed E-state index contributed by atoms with van der Waals surface area (Å²) in [5.41, 5.74) is 0.906. The van der Waals surface area contributed by atoms with Crippen molar-refractivity contribution in [3.8, 4) is 0 Å². The van der Waals surface area contributed by atoms with Gasteiger partial charge in [-0.1, -0.05) is 30.0 Å². The van der Waals surface area contributed by atoms with Gasteiger partial charge >= 0.3 is 0 Å². The molecular weight excluding hydrogens is 284 g/mol. The number of thioether (sulfide) groups is 1. The number of amides is 1. The first-order chi connectivity index (χ1) is 10.2. The number of carbonyl (C=O) groups is 1. The van der Waals surface area contributed by atoms with Crippen LogP contribution in [0.3, 0.4) is 0 Å². The zero-order chi connectivity index (χ0) is 14.8. The molecule has 1 aliphatic carbocycles. The summed E-state index contributed by atoms with van der Waals surface area (Å²) in [5.74, 6) is 1.37. The first-order valence-corrected chi connectivity index (χ1v) is 8.01. The summed E-state index contributed by atoms with van der Waals surface area (Å²) in [7, 11) is 1.80. The molecule has 0 atom stereocenters. The van der Waals surface area contributed by atoms with Crippen LogP contribution in [0.25, 0.3) is 0 Å². The molecule has 2 aromatic rings. The normalized spacial score (nSPS) is 14.2. The van der Waals surface area contributed by atoms with E-state index in [2.05, 4.69) is 14.8 Å². The molecule has 0 N–H and O–H groups in total. The number of rotatable bonds is 5. The minimum Gasteiger partial charge on any atom is -0.315 e. The summed E-state index contributed by atoms with van der Waals surface area (Å²) in [6.45, 7) is 1.97. The van der Waals surface area contributed by atoms with Crippen LogP contribution >= 0.6 is 11.8 Å². The molecule has 5 nitrogen and oxygen atoms in total. The monoisotopic (exact) mass is 302 g/mol. The van der Waals surface area contributed by atoms with E-state index in [1.165, 1.54) is 24.6 Å². The van der Waals surface area contributed by atoms with E-state index in [0.717, 1.165) is 16.7 Å². The Hall–Kier alpha value is -1.82. The third-order valence-corrected chi connectivity index (χ3v) is 4.52. The van der Waals surface area contributed by atoms with Crippen LogP contribution in [0.15, 0.2) is 35.5 Å². The Kier molecular flexibility index (Phi) is 3.96. The fourth-order valence-electron chi connectivity index (χ4n) is 2.22. The van der Waals surface area contributed by atoms with Gasteiger partial charge in [-0.05, 0) is 31.9 Å². The molecule has 1 saturated carbocycles. The number of carbonyl (C=O) groups excluding carboxylic acids is 1. The fourth-order valence-corrected chi connectivity index (χ4v) is 3.19. The minimum atomic E-state index is 0.0641. The highest BCUT2D eigenvalue weighted by molar-refractivity contribution is 7.99. The van der Waals surface area contributed by atoms with E-state index < -0.39 is 0 Å². The van der Waals surface area contributed by atoms with Gasteiger partial charge in [-0.3, -0.25) is 4.79 Å². The van der Waals surface area contributed by atoms with Crippen molar-refractivity contribution in [2.75, 3.05) is 17.7 Å². The molecular formula is C15H18N4OS. The molecule has 21 heavy (non-hydrogen) atoms. The minimum absolute atomic E-state index is 0.0641. The van der Waals surface area contributed by atoms with E-state index in [1.54, 1.807) is 11.9 Å². The number of hydrogen-bond acceptors (Lipinski definition) is 4. The van der Waals surface area contributed by atoms with Crippen molar-refractivity contribution in [2.45, 2.75) is 31.0 Å². The molecule has 1 aromatic carbocycles. The Bertz CT molecular complexity index is 636. The zero-order valence-corrected chi connectivity index (χ0v) is 13.0. The molecule has 1 aliphatic rings. The van der Waals surface area contributed by atoms with E-state index in [1.807, 2.05) is 37.3 Å². The van der Waals surface area contributed by atoms with Crippen molar-refractivity contribution in [1.82, 2.24) is 14.8 Å². The van der Waals surface area contributed by atoms with Crippen LogP contribution in [0, 0.1) is 6.92 Å². The molecule has 0 spiro atoms.